The highest BCUT2D eigenvalue weighted by Crippen LogP contribution is 2.18. The van der Waals surface area contributed by atoms with Crippen molar-refractivity contribution in [1.82, 2.24) is 10.0 Å². The Balaban J connectivity index is 1.67. The number of carbonyl (C=O) groups excluding carboxylic acids is 1. The van der Waals surface area contributed by atoms with E-state index in [-0.39, 0.29) is 28.4 Å². The van der Waals surface area contributed by atoms with Crippen LogP contribution in [0.1, 0.15) is 35.3 Å². The van der Waals surface area contributed by atoms with Crippen LogP contribution in [0.15, 0.2) is 47.4 Å². The standard InChI is InChI=1S/C19H20F2N2O5S2/c1-12(14-4-7-17(20)18(21)10-14)22-19(24)13-2-5-16(6-3-13)30(27,28)23-15-8-9-29(25,26)11-15/h2-7,10,12,15,23H,8-9,11H2,1H3,(H,22,24)/t12-,15-/m0/s1. The highest BCUT2D eigenvalue weighted by atomic mass is 32.2. The molecule has 1 aliphatic heterocycles. The fraction of sp³-hybridized carbons (Fsp3) is 0.316. The fourth-order valence-electron chi connectivity index (χ4n) is 3.11. The van der Waals surface area contributed by atoms with Crippen molar-refractivity contribution < 1.29 is 30.4 Å². The molecule has 1 fully saturated rings. The van der Waals surface area contributed by atoms with Crippen LogP contribution >= 0.6 is 0 Å². The summed E-state index contributed by atoms with van der Waals surface area (Å²) in [7, 11) is -7.17. The summed E-state index contributed by atoms with van der Waals surface area (Å²) in [5, 5.41) is 2.63. The summed E-state index contributed by atoms with van der Waals surface area (Å²) in [5.41, 5.74) is 0.545. The molecule has 0 aliphatic carbocycles. The molecule has 1 saturated heterocycles. The van der Waals surface area contributed by atoms with E-state index in [1.807, 2.05) is 0 Å². The minimum atomic E-state index is -3.93. The highest BCUT2D eigenvalue weighted by Gasteiger charge is 2.31. The number of sulfonamides is 1. The molecule has 1 heterocycles. The Labute approximate surface area is 173 Å². The first-order valence-electron chi connectivity index (χ1n) is 9.05. The SMILES string of the molecule is C[C@H](NC(=O)c1ccc(S(=O)(=O)N[C@H]2CCS(=O)(=O)C2)cc1)c1ccc(F)c(F)c1. The Morgan fingerprint density at radius 3 is 2.33 bits per heavy atom. The predicted molar refractivity (Wildman–Crippen MR) is 106 cm³/mol. The molecule has 0 aromatic heterocycles. The Kier molecular flexibility index (Phi) is 6.25. The van der Waals surface area contributed by atoms with Crippen LogP contribution in [-0.4, -0.2) is 40.3 Å². The number of halogens is 2. The molecule has 0 bridgehead atoms. The van der Waals surface area contributed by atoms with E-state index in [1.165, 1.54) is 30.3 Å². The second-order valence-corrected chi connectivity index (χ2v) is 11.1. The van der Waals surface area contributed by atoms with E-state index < -0.39 is 49.5 Å². The van der Waals surface area contributed by atoms with Crippen molar-refractivity contribution in [2.75, 3.05) is 11.5 Å². The normalized spacial score (nSPS) is 19.4. The maximum absolute atomic E-state index is 13.4. The number of carbonyl (C=O) groups is 1. The van der Waals surface area contributed by atoms with Gasteiger partial charge in [0.25, 0.3) is 5.91 Å². The lowest BCUT2D eigenvalue weighted by Gasteiger charge is -2.15. The van der Waals surface area contributed by atoms with Crippen molar-refractivity contribution >= 4 is 25.8 Å². The summed E-state index contributed by atoms with van der Waals surface area (Å²) in [6.45, 7) is 1.60. The molecular formula is C19H20F2N2O5S2. The first-order chi connectivity index (χ1) is 14.0. The molecule has 2 aromatic rings. The third kappa shape index (κ3) is 5.21. The third-order valence-electron chi connectivity index (χ3n) is 4.77. The van der Waals surface area contributed by atoms with Crippen molar-refractivity contribution in [3.63, 3.8) is 0 Å². The van der Waals surface area contributed by atoms with E-state index in [0.29, 0.717) is 5.56 Å². The van der Waals surface area contributed by atoms with Crippen LogP contribution in [0.5, 0.6) is 0 Å². The van der Waals surface area contributed by atoms with Crippen molar-refractivity contribution in [1.29, 1.82) is 0 Å². The largest absolute Gasteiger partial charge is 0.346 e. The Morgan fingerprint density at radius 2 is 1.77 bits per heavy atom. The molecule has 1 amide bonds. The second kappa shape index (κ2) is 8.40. The third-order valence-corrected chi connectivity index (χ3v) is 8.08. The van der Waals surface area contributed by atoms with Crippen molar-refractivity contribution in [3.05, 3.63) is 65.2 Å². The van der Waals surface area contributed by atoms with Crippen molar-refractivity contribution in [2.24, 2.45) is 0 Å². The smallest absolute Gasteiger partial charge is 0.251 e. The topological polar surface area (TPSA) is 109 Å². The highest BCUT2D eigenvalue weighted by molar-refractivity contribution is 7.92. The minimum absolute atomic E-state index is 0.0601. The number of hydrogen-bond donors (Lipinski definition) is 2. The first kappa shape index (κ1) is 22.3. The van der Waals surface area contributed by atoms with Crippen molar-refractivity contribution in [2.45, 2.75) is 30.3 Å². The van der Waals surface area contributed by atoms with Crippen molar-refractivity contribution in [3.8, 4) is 0 Å². The van der Waals surface area contributed by atoms with Crippen LogP contribution in [0.4, 0.5) is 8.78 Å². The maximum Gasteiger partial charge on any atom is 0.251 e. The molecule has 0 saturated carbocycles. The average Bonchev–Trinajstić information content (AvgIpc) is 3.01. The lowest BCUT2D eigenvalue weighted by molar-refractivity contribution is 0.0939. The number of hydrogen-bond acceptors (Lipinski definition) is 5. The molecule has 30 heavy (non-hydrogen) atoms. The molecule has 11 heteroatoms. The van der Waals surface area contributed by atoms with Crippen LogP contribution in [0.25, 0.3) is 0 Å². The van der Waals surface area contributed by atoms with Gasteiger partial charge in [-0.15, -0.1) is 0 Å². The Hall–Kier alpha value is -2.37. The summed E-state index contributed by atoms with van der Waals surface area (Å²) < 4.78 is 76.6. The molecule has 7 nitrogen and oxygen atoms in total. The minimum Gasteiger partial charge on any atom is -0.346 e. The summed E-state index contributed by atoms with van der Waals surface area (Å²) >= 11 is 0. The molecule has 1 aliphatic rings. The van der Waals surface area contributed by atoms with Crippen LogP contribution in [0, 0.1) is 11.6 Å². The van der Waals surface area contributed by atoms with Crippen LogP contribution in [0.2, 0.25) is 0 Å². The fourth-order valence-corrected chi connectivity index (χ4v) is 6.16. The summed E-state index contributed by atoms with van der Waals surface area (Å²) in [4.78, 5) is 12.3. The van der Waals surface area contributed by atoms with E-state index in [2.05, 4.69) is 10.0 Å². The van der Waals surface area contributed by atoms with Gasteiger partial charge in [0, 0.05) is 11.6 Å². The monoisotopic (exact) mass is 458 g/mol. The van der Waals surface area contributed by atoms with Crippen LogP contribution in [-0.2, 0) is 19.9 Å². The maximum atomic E-state index is 13.4. The van der Waals surface area contributed by atoms with Gasteiger partial charge < -0.3 is 5.32 Å². The van der Waals surface area contributed by atoms with Crippen LogP contribution in [0.3, 0.4) is 0 Å². The van der Waals surface area contributed by atoms with E-state index in [1.54, 1.807) is 6.92 Å². The van der Waals surface area contributed by atoms with Gasteiger partial charge in [0.2, 0.25) is 10.0 Å². The van der Waals surface area contributed by atoms with Gasteiger partial charge in [0.05, 0.1) is 22.4 Å². The van der Waals surface area contributed by atoms with Gasteiger partial charge in [-0.2, -0.15) is 0 Å². The zero-order chi connectivity index (χ0) is 22.1. The van der Waals surface area contributed by atoms with E-state index in [0.717, 1.165) is 12.1 Å². The number of amides is 1. The number of sulfone groups is 1. The quantitative estimate of drug-likeness (QED) is 0.688. The molecule has 0 radical (unpaired) electrons. The Bertz CT molecular complexity index is 1170. The van der Waals surface area contributed by atoms with Crippen LogP contribution < -0.4 is 10.0 Å². The lowest BCUT2D eigenvalue weighted by Crippen LogP contribution is -2.35. The van der Waals surface area contributed by atoms with Gasteiger partial charge in [0.1, 0.15) is 0 Å². The molecule has 0 spiro atoms. The summed E-state index contributed by atoms with van der Waals surface area (Å²) in [5.74, 6) is -2.83. The van der Waals surface area contributed by atoms with Gasteiger partial charge >= 0.3 is 0 Å². The van der Waals surface area contributed by atoms with Gasteiger partial charge in [0.15, 0.2) is 21.5 Å². The molecular weight excluding hydrogens is 438 g/mol. The zero-order valence-corrected chi connectivity index (χ0v) is 17.6. The van der Waals surface area contributed by atoms with E-state index >= 15 is 0 Å². The van der Waals surface area contributed by atoms with Gasteiger partial charge in [-0.3, -0.25) is 4.79 Å². The van der Waals surface area contributed by atoms with Gasteiger partial charge in [-0.25, -0.2) is 30.3 Å². The van der Waals surface area contributed by atoms with Gasteiger partial charge in [-0.1, -0.05) is 6.07 Å². The number of nitrogens with one attached hydrogen (secondary N) is 2. The van der Waals surface area contributed by atoms with E-state index in [4.69, 9.17) is 0 Å². The second-order valence-electron chi connectivity index (χ2n) is 7.11. The Morgan fingerprint density at radius 1 is 1.10 bits per heavy atom. The zero-order valence-electron chi connectivity index (χ0n) is 15.9. The summed E-state index contributed by atoms with van der Waals surface area (Å²) in [6, 6.07) is 7.13. The molecule has 2 atom stereocenters. The first-order valence-corrected chi connectivity index (χ1v) is 12.4. The average molecular weight is 459 g/mol. The number of rotatable bonds is 6. The molecule has 3 rings (SSSR count). The molecule has 2 aromatic carbocycles. The van der Waals surface area contributed by atoms with Gasteiger partial charge in [-0.05, 0) is 55.3 Å². The molecule has 2 N–H and O–H groups in total. The lowest BCUT2D eigenvalue weighted by atomic mass is 10.1. The summed E-state index contributed by atoms with van der Waals surface area (Å²) in [6.07, 6.45) is 0.212. The molecule has 0 unspecified atom stereocenters. The number of benzene rings is 2. The molecule has 162 valence electrons. The predicted octanol–water partition coefficient (Wildman–Crippen LogP) is 1.92. The van der Waals surface area contributed by atoms with E-state index in [9.17, 15) is 30.4 Å².